The number of hydrogen-bond donors (Lipinski definition) is 1. The maximum atomic E-state index is 13.2. The summed E-state index contributed by atoms with van der Waals surface area (Å²) in [5.41, 5.74) is 1.48. The quantitative estimate of drug-likeness (QED) is 0.919. The zero-order chi connectivity index (χ0) is 14.7. The van der Waals surface area contributed by atoms with Crippen molar-refractivity contribution in [3.05, 3.63) is 63.9 Å². The van der Waals surface area contributed by atoms with Gasteiger partial charge in [0.2, 0.25) is 0 Å². The van der Waals surface area contributed by atoms with Gasteiger partial charge >= 0.3 is 5.97 Å². The molecular formula is C15H13BrFNO2. The van der Waals surface area contributed by atoms with Gasteiger partial charge in [-0.05, 0) is 35.9 Å². The molecule has 0 atom stereocenters. The molecule has 2 aromatic rings. The summed E-state index contributed by atoms with van der Waals surface area (Å²) in [6.45, 7) is 0.533. The van der Waals surface area contributed by atoms with Gasteiger partial charge in [-0.1, -0.05) is 28.1 Å². The van der Waals surface area contributed by atoms with Crippen LogP contribution in [0.1, 0.15) is 15.9 Å². The first-order valence-corrected chi connectivity index (χ1v) is 6.75. The summed E-state index contributed by atoms with van der Waals surface area (Å²) < 4.78 is 14.1. The van der Waals surface area contributed by atoms with Crippen LogP contribution in [0.25, 0.3) is 0 Å². The molecule has 5 heteroatoms. The molecule has 0 spiro atoms. The molecule has 0 aliphatic rings. The summed E-state index contributed by atoms with van der Waals surface area (Å²) in [7, 11) is 1.78. The van der Waals surface area contributed by atoms with Crippen LogP contribution in [0.2, 0.25) is 0 Å². The second-order valence-corrected chi connectivity index (χ2v) is 5.37. The Morgan fingerprint density at radius 1 is 1.30 bits per heavy atom. The first kappa shape index (κ1) is 14.5. The standard InChI is InChI=1S/C15H13BrFNO2/c1-18(9-10-3-2-4-11(16)7-10)14-6-5-12(17)8-13(14)15(19)20/h2-8H,9H2,1H3,(H,19,20). The van der Waals surface area contributed by atoms with E-state index >= 15 is 0 Å². The zero-order valence-corrected chi connectivity index (χ0v) is 12.4. The van der Waals surface area contributed by atoms with Crippen LogP contribution >= 0.6 is 15.9 Å². The summed E-state index contributed by atoms with van der Waals surface area (Å²) in [5, 5.41) is 9.15. The average molecular weight is 338 g/mol. The number of carbonyl (C=O) groups is 1. The van der Waals surface area contributed by atoms with E-state index < -0.39 is 11.8 Å². The van der Waals surface area contributed by atoms with Crippen LogP contribution in [0.15, 0.2) is 46.9 Å². The average Bonchev–Trinajstić information content (AvgIpc) is 2.38. The van der Waals surface area contributed by atoms with Gasteiger partial charge in [0, 0.05) is 18.1 Å². The highest BCUT2D eigenvalue weighted by molar-refractivity contribution is 9.10. The van der Waals surface area contributed by atoms with Gasteiger partial charge in [-0.15, -0.1) is 0 Å². The van der Waals surface area contributed by atoms with Crippen LogP contribution in [-0.2, 0) is 6.54 Å². The lowest BCUT2D eigenvalue weighted by Gasteiger charge is -2.21. The summed E-state index contributed by atoms with van der Waals surface area (Å²) in [5.74, 6) is -1.69. The molecule has 1 N–H and O–H groups in total. The first-order chi connectivity index (χ1) is 9.47. The summed E-state index contributed by atoms with van der Waals surface area (Å²) in [6.07, 6.45) is 0. The molecule has 0 fully saturated rings. The highest BCUT2D eigenvalue weighted by Crippen LogP contribution is 2.23. The third kappa shape index (κ3) is 3.36. The van der Waals surface area contributed by atoms with Crippen molar-refractivity contribution in [2.75, 3.05) is 11.9 Å². The van der Waals surface area contributed by atoms with Gasteiger partial charge < -0.3 is 10.0 Å². The number of nitrogens with zero attached hydrogens (tertiary/aromatic N) is 1. The summed E-state index contributed by atoms with van der Waals surface area (Å²) in [4.78, 5) is 13.0. The van der Waals surface area contributed by atoms with E-state index in [0.717, 1.165) is 16.1 Å². The van der Waals surface area contributed by atoms with E-state index in [9.17, 15) is 9.18 Å². The van der Waals surface area contributed by atoms with Crippen LogP contribution in [0.5, 0.6) is 0 Å². The van der Waals surface area contributed by atoms with Crippen molar-refractivity contribution in [3.8, 4) is 0 Å². The first-order valence-electron chi connectivity index (χ1n) is 5.96. The van der Waals surface area contributed by atoms with E-state index in [0.29, 0.717) is 12.2 Å². The Morgan fingerprint density at radius 3 is 2.70 bits per heavy atom. The molecule has 0 saturated carbocycles. The largest absolute Gasteiger partial charge is 0.478 e. The SMILES string of the molecule is CN(Cc1cccc(Br)c1)c1ccc(F)cc1C(=O)O. The molecule has 0 aliphatic carbocycles. The molecule has 2 rings (SSSR count). The van der Waals surface area contributed by atoms with Crippen molar-refractivity contribution in [2.24, 2.45) is 0 Å². The van der Waals surface area contributed by atoms with Gasteiger partial charge in [-0.3, -0.25) is 0 Å². The number of benzene rings is 2. The molecule has 0 bridgehead atoms. The van der Waals surface area contributed by atoms with Crippen LogP contribution in [-0.4, -0.2) is 18.1 Å². The van der Waals surface area contributed by atoms with Crippen molar-refractivity contribution in [3.63, 3.8) is 0 Å². The number of halogens is 2. The topological polar surface area (TPSA) is 40.5 Å². The minimum Gasteiger partial charge on any atom is -0.478 e. The fraction of sp³-hybridized carbons (Fsp3) is 0.133. The van der Waals surface area contributed by atoms with Gasteiger partial charge in [0.1, 0.15) is 5.82 Å². The van der Waals surface area contributed by atoms with Crippen molar-refractivity contribution >= 4 is 27.6 Å². The van der Waals surface area contributed by atoms with E-state index in [2.05, 4.69) is 15.9 Å². The maximum Gasteiger partial charge on any atom is 0.337 e. The zero-order valence-electron chi connectivity index (χ0n) is 10.8. The molecule has 0 unspecified atom stereocenters. The predicted molar refractivity (Wildman–Crippen MR) is 79.6 cm³/mol. The summed E-state index contributed by atoms with van der Waals surface area (Å²) >= 11 is 3.39. The number of carboxylic acid groups (broad SMARTS) is 1. The third-order valence-corrected chi connectivity index (χ3v) is 3.40. The molecule has 0 radical (unpaired) electrons. The minimum absolute atomic E-state index is 0.0394. The van der Waals surface area contributed by atoms with Crippen LogP contribution < -0.4 is 4.90 Å². The predicted octanol–water partition coefficient (Wildman–Crippen LogP) is 3.92. The Hall–Kier alpha value is -1.88. The lowest BCUT2D eigenvalue weighted by molar-refractivity contribution is 0.0697. The van der Waals surface area contributed by atoms with Crippen molar-refractivity contribution in [1.82, 2.24) is 0 Å². The highest BCUT2D eigenvalue weighted by Gasteiger charge is 2.14. The van der Waals surface area contributed by atoms with Crippen molar-refractivity contribution in [2.45, 2.75) is 6.54 Å². The Labute approximate surface area is 124 Å². The molecule has 104 valence electrons. The maximum absolute atomic E-state index is 13.2. The second kappa shape index (κ2) is 6.05. The van der Waals surface area contributed by atoms with E-state index in [4.69, 9.17) is 5.11 Å². The lowest BCUT2D eigenvalue weighted by Crippen LogP contribution is -2.19. The second-order valence-electron chi connectivity index (χ2n) is 4.45. The van der Waals surface area contributed by atoms with Gasteiger partial charge in [0.25, 0.3) is 0 Å². The molecule has 0 aliphatic heterocycles. The molecule has 2 aromatic carbocycles. The lowest BCUT2D eigenvalue weighted by atomic mass is 10.1. The van der Waals surface area contributed by atoms with E-state index in [1.165, 1.54) is 12.1 Å². The number of anilines is 1. The van der Waals surface area contributed by atoms with Crippen LogP contribution in [0.4, 0.5) is 10.1 Å². The van der Waals surface area contributed by atoms with Gasteiger partial charge in [0.05, 0.1) is 11.3 Å². The molecular weight excluding hydrogens is 325 g/mol. The molecule has 20 heavy (non-hydrogen) atoms. The molecule has 0 heterocycles. The Balaban J connectivity index is 2.29. The number of aromatic carboxylic acids is 1. The Kier molecular flexibility index (Phi) is 4.39. The van der Waals surface area contributed by atoms with Crippen LogP contribution in [0, 0.1) is 5.82 Å². The molecule has 0 saturated heterocycles. The number of hydrogen-bond acceptors (Lipinski definition) is 2. The smallest absolute Gasteiger partial charge is 0.337 e. The van der Waals surface area contributed by atoms with E-state index in [1.54, 1.807) is 11.9 Å². The fourth-order valence-electron chi connectivity index (χ4n) is 2.01. The van der Waals surface area contributed by atoms with Crippen molar-refractivity contribution in [1.29, 1.82) is 0 Å². The Bertz CT molecular complexity index is 646. The number of rotatable bonds is 4. The molecule has 3 nitrogen and oxygen atoms in total. The fourth-order valence-corrected chi connectivity index (χ4v) is 2.45. The van der Waals surface area contributed by atoms with Gasteiger partial charge in [-0.2, -0.15) is 0 Å². The summed E-state index contributed by atoms with van der Waals surface area (Å²) in [6, 6.07) is 11.5. The normalized spacial score (nSPS) is 10.3. The van der Waals surface area contributed by atoms with E-state index in [1.807, 2.05) is 24.3 Å². The van der Waals surface area contributed by atoms with Crippen LogP contribution in [0.3, 0.4) is 0 Å². The minimum atomic E-state index is -1.14. The van der Waals surface area contributed by atoms with Gasteiger partial charge in [-0.25, -0.2) is 9.18 Å². The monoisotopic (exact) mass is 337 g/mol. The molecule has 0 aromatic heterocycles. The van der Waals surface area contributed by atoms with Crippen molar-refractivity contribution < 1.29 is 14.3 Å². The van der Waals surface area contributed by atoms with E-state index in [-0.39, 0.29) is 5.56 Å². The molecule has 0 amide bonds. The van der Waals surface area contributed by atoms with Gasteiger partial charge in [0.15, 0.2) is 0 Å². The highest BCUT2D eigenvalue weighted by atomic mass is 79.9. The third-order valence-electron chi connectivity index (χ3n) is 2.91. The number of carboxylic acids is 1. The Morgan fingerprint density at radius 2 is 2.05 bits per heavy atom.